The first-order valence-electron chi connectivity index (χ1n) is 25.7. The Balaban J connectivity index is 0.785. The molecule has 2 saturated heterocycles. The average molecular weight is 940 g/mol. The van der Waals surface area contributed by atoms with Crippen molar-refractivity contribution in [2.45, 2.75) is 122 Å². The molecule has 4 fully saturated rings. The van der Waals surface area contributed by atoms with E-state index in [9.17, 15) is 4.79 Å². The summed E-state index contributed by atoms with van der Waals surface area (Å²) in [5, 5.41) is 19.0. The molecule has 1 amide bonds. The molecule has 2 aromatic carbocycles. The summed E-state index contributed by atoms with van der Waals surface area (Å²) >= 11 is 0. The number of nitrogens with one attached hydrogen (secondary N) is 2. The number of fused-ring (bicyclic) bond motifs is 2. The Morgan fingerprint density at radius 2 is 1.36 bits per heavy atom. The number of amides is 1. The number of rotatable bonds is 17. The predicted molar refractivity (Wildman–Crippen MR) is 269 cm³/mol. The molecule has 69 heavy (non-hydrogen) atoms. The Bertz CT molecular complexity index is 2630. The highest BCUT2D eigenvalue weighted by Gasteiger charge is 2.32. The normalized spacial score (nSPS) is 22.3. The lowest BCUT2D eigenvalue weighted by Crippen LogP contribution is -2.47. The van der Waals surface area contributed by atoms with Crippen LogP contribution in [0.4, 0.5) is 17.6 Å². The fraction of sp³-hybridized carbons (Fsp3) is 0.558. The molecular weight excluding hydrogens is 871 g/mol. The van der Waals surface area contributed by atoms with Gasteiger partial charge in [0.1, 0.15) is 11.4 Å². The molecule has 6 aromatic rings. The molecular formula is C52H69N13O4. The smallest absolute Gasteiger partial charge is 0.254 e. The first kappa shape index (κ1) is 47.0. The van der Waals surface area contributed by atoms with Crippen molar-refractivity contribution in [3.63, 3.8) is 0 Å². The molecule has 1 atom stereocenters. The van der Waals surface area contributed by atoms with Gasteiger partial charge in [-0.25, -0.2) is 19.3 Å². The van der Waals surface area contributed by atoms with Crippen LogP contribution in [-0.2, 0) is 20.8 Å². The first-order chi connectivity index (χ1) is 33.9. The monoisotopic (exact) mass is 940 g/mol. The number of ether oxygens (including phenoxy) is 3. The minimum absolute atomic E-state index is 0.00742. The minimum atomic E-state index is -0.498. The van der Waals surface area contributed by atoms with Crippen molar-refractivity contribution in [1.82, 2.24) is 44.4 Å². The second-order valence-electron chi connectivity index (χ2n) is 19.4. The molecule has 10 rings (SSSR count). The van der Waals surface area contributed by atoms with E-state index in [0.29, 0.717) is 43.1 Å². The maximum atomic E-state index is 14.0. The van der Waals surface area contributed by atoms with Gasteiger partial charge in [-0.3, -0.25) is 4.79 Å². The number of nitrogens with two attached hydrogens (primary N) is 1. The van der Waals surface area contributed by atoms with Crippen LogP contribution in [0.1, 0.15) is 107 Å². The number of anilines is 3. The van der Waals surface area contributed by atoms with E-state index in [-0.39, 0.29) is 24.1 Å². The molecule has 17 nitrogen and oxygen atoms in total. The van der Waals surface area contributed by atoms with Crippen LogP contribution in [0.3, 0.4) is 0 Å². The van der Waals surface area contributed by atoms with E-state index in [1.54, 1.807) is 0 Å². The quantitative estimate of drug-likeness (QED) is 0.0745. The third kappa shape index (κ3) is 10.9. The predicted octanol–water partition coefficient (Wildman–Crippen LogP) is 8.08. The third-order valence-electron chi connectivity index (χ3n) is 14.5. The maximum Gasteiger partial charge on any atom is 0.254 e. The molecule has 6 heterocycles. The summed E-state index contributed by atoms with van der Waals surface area (Å²) in [6.07, 6.45) is 15.3. The van der Waals surface area contributed by atoms with Gasteiger partial charge >= 0.3 is 0 Å². The van der Waals surface area contributed by atoms with Crippen LogP contribution in [0.25, 0.3) is 44.6 Å². The van der Waals surface area contributed by atoms with Gasteiger partial charge in [0, 0.05) is 80.1 Å². The summed E-state index contributed by atoms with van der Waals surface area (Å²) in [6.45, 7) is 11.4. The lowest BCUT2D eigenvalue weighted by molar-refractivity contribution is -0.201. The number of aromatic nitrogens is 8. The fourth-order valence-corrected chi connectivity index (χ4v) is 10.4. The SMILES string of the molecule is CCCCNc1ncc2c(-c3ccc(C(=O)N4CCOC(OC5CCC(n6nc(-c7ccc(N8CCOCC8)cc7)c7cnc(NCCCC)nc76)CC5)C4)cc3)nn(CC3CCC(N)CC3)c2n1. The molecule has 0 bridgehead atoms. The van der Waals surface area contributed by atoms with Gasteiger partial charge in [0.25, 0.3) is 5.91 Å². The number of unbranched alkanes of at least 4 members (excludes halogenated alkanes) is 2. The molecule has 2 aliphatic carbocycles. The molecule has 2 aliphatic heterocycles. The Hall–Kier alpha value is -5.75. The second kappa shape index (κ2) is 21.9. The lowest BCUT2D eigenvalue weighted by Gasteiger charge is -2.36. The lowest BCUT2D eigenvalue weighted by atomic mass is 9.86. The highest BCUT2D eigenvalue weighted by molar-refractivity contribution is 5.96. The fourth-order valence-electron chi connectivity index (χ4n) is 10.4. The standard InChI is InChI=1S/C52H69N13O4/c1-3-5-23-54-51-56-31-43-46(60-64(48(43)58-51)33-35-7-15-39(53)16-8-35)36-9-11-38(12-10-36)50(66)63-27-30-68-45(34-63)69-42-21-19-41(20-22-42)65-49-44(32-57-52(59-49)55-24-6-4-2)47(61-65)37-13-17-40(18-14-37)62-25-28-67-29-26-62/h9-14,17-18,31-32,35,39,41-42,45H,3-8,15-16,19-30,33-34,53H2,1-2H3,(H,54,56,58)(H,55,57,59). The van der Waals surface area contributed by atoms with Crippen LogP contribution < -0.4 is 21.3 Å². The zero-order valence-electron chi connectivity index (χ0n) is 40.4. The number of hydrogen-bond donors (Lipinski definition) is 3. The van der Waals surface area contributed by atoms with E-state index < -0.39 is 6.29 Å². The molecule has 0 radical (unpaired) electrons. The second-order valence-corrected chi connectivity index (χ2v) is 19.4. The van der Waals surface area contributed by atoms with Crippen molar-refractivity contribution >= 4 is 45.6 Å². The van der Waals surface area contributed by atoms with Crippen molar-refractivity contribution in [1.29, 1.82) is 0 Å². The highest BCUT2D eigenvalue weighted by atomic mass is 16.7. The zero-order valence-corrected chi connectivity index (χ0v) is 40.4. The van der Waals surface area contributed by atoms with Crippen LogP contribution in [0, 0.1) is 5.92 Å². The van der Waals surface area contributed by atoms with Crippen molar-refractivity contribution in [3.8, 4) is 22.5 Å². The minimum Gasteiger partial charge on any atom is -0.378 e. The summed E-state index contributed by atoms with van der Waals surface area (Å²) in [5.41, 5.74) is 13.4. The van der Waals surface area contributed by atoms with Crippen LogP contribution in [-0.4, -0.2) is 128 Å². The molecule has 366 valence electrons. The molecule has 4 aromatic heterocycles. The average Bonchev–Trinajstić information content (AvgIpc) is 3.95. The molecule has 1 unspecified atom stereocenters. The Labute approximate surface area is 404 Å². The number of benzene rings is 2. The summed E-state index contributed by atoms with van der Waals surface area (Å²) in [6, 6.07) is 16.9. The van der Waals surface area contributed by atoms with E-state index in [1.165, 1.54) is 5.69 Å². The van der Waals surface area contributed by atoms with Crippen molar-refractivity contribution in [2.75, 3.05) is 74.6 Å². The van der Waals surface area contributed by atoms with Crippen molar-refractivity contribution in [2.24, 2.45) is 11.7 Å². The van der Waals surface area contributed by atoms with Crippen LogP contribution in [0.2, 0.25) is 0 Å². The van der Waals surface area contributed by atoms with E-state index >= 15 is 0 Å². The highest BCUT2D eigenvalue weighted by Crippen LogP contribution is 2.37. The number of nitrogens with zero attached hydrogens (tertiary/aromatic N) is 10. The van der Waals surface area contributed by atoms with Gasteiger partial charge in [-0.15, -0.1) is 0 Å². The van der Waals surface area contributed by atoms with Gasteiger partial charge in [-0.2, -0.15) is 20.2 Å². The Kier molecular flexibility index (Phi) is 14.9. The van der Waals surface area contributed by atoms with Gasteiger partial charge in [-0.05, 0) is 94.4 Å². The summed E-state index contributed by atoms with van der Waals surface area (Å²) in [5.74, 6) is 1.71. The van der Waals surface area contributed by atoms with E-state index in [1.807, 2.05) is 41.6 Å². The molecule has 0 spiro atoms. The molecule has 4 aliphatic rings. The summed E-state index contributed by atoms with van der Waals surface area (Å²) in [7, 11) is 0. The summed E-state index contributed by atoms with van der Waals surface area (Å²) < 4.78 is 22.5. The molecule has 17 heteroatoms. The van der Waals surface area contributed by atoms with Crippen molar-refractivity contribution in [3.05, 3.63) is 66.5 Å². The molecule has 4 N–H and O–H groups in total. The van der Waals surface area contributed by atoms with Gasteiger partial charge in [-0.1, -0.05) is 51.0 Å². The Morgan fingerprint density at radius 3 is 2.03 bits per heavy atom. The van der Waals surface area contributed by atoms with E-state index in [0.717, 1.165) is 168 Å². The van der Waals surface area contributed by atoms with Crippen LogP contribution >= 0.6 is 0 Å². The third-order valence-corrected chi connectivity index (χ3v) is 14.5. The topological polar surface area (TPSA) is 189 Å². The van der Waals surface area contributed by atoms with Crippen LogP contribution in [0.15, 0.2) is 60.9 Å². The van der Waals surface area contributed by atoms with Crippen LogP contribution in [0.5, 0.6) is 0 Å². The largest absolute Gasteiger partial charge is 0.378 e. The first-order valence-corrected chi connectivity index (χ1v) is 25.7. The van der Waals surface area contributed by atoms with Gasteiger partial charge in [0.05, 0.1) is 49.3 Å². The van der Waals surface area contributed by atoms with E-state index in [2.05, 4.69) is 68.0 Å². The number of carbonyl (C=O) groups is 1. The van der Waals surface area contributed by atoms with Gasteiger partial charge in [0.2, 0.25) is 11.9 Å². The molecule has 2 saturated carbocycles. The van der Waals surface area contributed by atoms with Gasteiger partial charge < -0.3 is 40.4 Å². The number of hydrogen-bond acceptors (Lipinski definition) is 14. The number of carbonyl (C=O) groups excluding carboxylic acids is 1. The Morgan fingerprint density at radius 1 is 0.739 bits per heavy atom. The number of morpholine rings is 2. The van der Waals surface area contributed by atoms with E-state index in [4.69, 9.17) is 45.1 Å². The zero-order chi connectivity index (χ0) is 47.1. The maximum absolute atomic E-state index is 14.0. The van der Waals surface area contributed by atoms with Crippen molar-refractivity contribution < 1.29 is 19.0 Å². The van der Waals surface area contributed by atoms with Gasteiger partial charge in [0.15, 0.2) is 17.6 Å². The summed E-state index contributed by atoms with van der Waals surface area (Å²) in [4.78, 5) is 37.6.